The van der Waals surface area contributed by atoms with Crippen LogP contribution in [0.5, 0.6) is 0 Å². The van der Waals surface area contributed by atoms with Crippen molar-refractivity contribution in [1.29, 1.82) is 0 Å². The lowest BCUT2D eigenvalue weighted by Crippen LogP contribution is -2.01. The Morgan fingerprint density at radius 2 is 2.29 bits per heavy atom. The van der Waals surface area contributed by atoms with Crippen molar-refractivity contribution in [2.45, 2.75) is 13.3 Å². The maximum absolute atomic E-state index is 11.3. The molecule has 0 bridgehead atoms. The number of rotatable bonds is 5. The van der Waals surface area contributed by atoms with E-state index < -0.39 is 0 Å². The van der Waals surface area contributed by atoms with Gasteiger partial charge in [-0.05, 0) is 13.0 Å². The molecule has 6 heteroatoms. The summed E-state index contributed by atoms with van der Waals surface area (Å²) in [5.74, 6) is -0.693. The standard InChI is InChI=1S/C11H13NO4S/c1-3-16-11(14)8-7-12-9(17-8)5-4-6-10(13)15-2/h4-5,7H,3,6H2,1-2H3. The van der Waals surface area contributed by atoms with Crippen LogP contribution in [-0.2, 0) is 14.3 Å². The van der Waals surface area contributed by atoms with Gasteiger partial charge in [0.05, 0.1) is 26.3 Å². The number of methoxy groups -OCH3 is 1. The van der Waals surface area contributed by atoms with Crippen LogP contribution in [0.4, 0.5) is 0 Å². The minimum absolute atomic E-state index is 0.185. The molecule has 0 aromatic carbocycles. The topological polar surface area (TPSA) is 65.5 Å². The van der Waals surface area contributed by atoms with Crippen LogP contribution in [0.2, 0.25) is 0 Å². The first-order valence-electron chi connectivity index (χ1n) is 5.03. The summed E-state index contributed by atoms with van der Waals surface area (Å²) in [7, 11) is 1.33. The van der Waals surface area contributed by atoms with Crippen LogP contribution in [0, 0.1) is 0 Å². The summed E-state index contributed by atoms with van der Waals surface area (Å²) in [5, 5.41) is 0.650. The summed E-state index contributed by atoms with van der Waals surface area (Å²) in [5.41, 5.74) is 0. The van der Waals surface area contributed by atoms with Gasteiger partial charge in [0.1, 0.15) is 9.88 Å². The van der Waals surface area contributed by atoms with Gasteiger partial charge in [-0.2, -0.15) is 0 Å². The molecule has 92 valence electrons. The normalized spacial score (nSPS) is 10.5. The molecule has 0 aliphatic heterocycles. The molecule has 5 nitrogen and oxygen atoms in total. The summed E-state index contributed by atoms with van der Waals surface area (Å²) < 4.78 is 9.32. The molecular weight excluding hydrogens is 242 g/mol. The van der Waals surface area contributed by atoms with Crippen molar-refractivity contribution in [3.05, 3.63) is 22.2 Å². The number of carbonyl (C=O) groups is 2. The molecule has 0 saturated carbocycles. The number of ether oxygens (including phenoxy) is 2. The summed E-state index contributed by atoms with van der Waals surface area (Å²) in [6, 6.07) is 0. The predicted octanol–water partition coefficient (Wildman–Crippen LogP) is 1.90. The van der Waals surface area contributed by atoms with E-state index in [0.717, 1.165) is 0 Å². The average Bonchev–Trinajstić information content (AvgIpc) is 2.78. The second-order valence-electron chi connectivity index (χ2n) is 2.97. The molecule has 17 heavy (non-hydrogen) atoms. The SMILES string of the molecule is CCOC(=O)c1cnc(C=CCC(=O)OC)s1. The molecule has 1 aromatic rings. The van der Waals surface area contributed by atoms with Crippen LogP contribution in [0.25, 0.3) is 6.08 Å². The van der Waals surface area contributed by atoms with Crippen LogP contribution >= 0.6 is 11.3 Å². The smallest absolute Gasteiger partial charge is 0.349 e. The molecular formula is C11H13NO4S. The highest BCUT2D eigenvalue weighted by Gasteiger charge is 2.09. The highest BCUT2D eigenvalue weighted by molar-refractivity contribution is 7.14. The zero-order chi connectivity index (χ0) is 12.7. The van der Waals surface area contributed by atoms with Gasteiger partial charge in [-0.1, -0.05) is 6.08 Å². The summed E-state index contributed by atoms with van der Waals surface area (Å²) in [6.45, 7) is 2.08. The molecule has 1 aromatic heterocycles. The van der Waals surface area contributed by atoms with Crippen LogP contribution < -0.4 is 0 Å². The summed E-state index contributed by atoms with van der Waals surface area (Å²) in [4.78, 5) is 26.6. The number of hydrogen-bond donors (Lipinski definition) is 0. The molecule has 1 rings (SSSR count). The Balaban J connectivity index is 2.56. The Kier molecular flexibility index (Phi) is 5.35. The second-order valence-corrected chi connectivity index (χ2v) is 4.03. The zero-order valence-electron chi connectivity index (χ0n) is 9.63. The lowest BCUT2D eigenvalue weighted by Gasteiger charge is -1.95. The van der Waals surface area contributed by atoms with Gasteiger partial charge in [-0.15, -0.1) is 11.3 Å². The molecule has 0 atom stereocenters. The molecule has 0 radical (unpaired) electrons. The molecule has 0 spiro atoms. The van der Waals surface area contributed by atoms with E-state index in [1.54, 1.807) is 19.1 Å². The van der Waals surface area contributed by atoms with Crippen LogP contribution in [0.15, 0.2) is 12.3 Å². The Labute approximate surface area is 103 Å². The molecule has 1 heterocycles. The first kappa shape index (κ1) is 13.4. The lowest BCUT2D eigenvalue weighted by molar-refractivity contribution is -0.139. The van der Waals surface area contributed by atoms with Gasteiger partial charge >= 0.3 is 11.9 Å². The Bertz CT molecular complexity index is 425. The number of thiazole rings is 1. The van der Waals surface area contributed by atoms with E-state index in [-0.39, 0.29) is 18.4 Å². The highest BCUT2D eigenvalue weighted by atomic mass is 32.1. The number of aromatic nitrogens is 1. The fourth-order valence-corrected chi connectivity index (χ4v) is 1.74. The number of nitrogens with zero attached hydrogens (tertiary/aromatic N) is 1. The van der Waals surface area contributed by atoms with E-state index in [4.69, 9.17) is 4.74 Å². The van der Waals surface area contributed by atoms with Gasteiger partial charge in [0.2, 0.25) is 0 Å². The van der Waals surface area contributed by atoms with E-state index in [0.29, 0.717) is 16.5 Å². The van der Waals surface area contributed by atoms with Crippen LogP contribution in [0.1, 0.15) is 28.0 Å². The van der Waals surface area contributed by atoms with Gasteiger partial charge in [-0.3, -0.25) is 4.79 Å². The Morgan fingerprint density at radius 3 is 2.94 bits per heavy atom. The zero-order valence-corrected chi connectivity index (χ0v) is 10.5. The van der Waals surface area contributed by atoms with Crippen LogP contribution in [0.3, 0.4) is 0 Å². The number of hydrogen-bond acceptors (Lipinski definition) is 6. The first-order valence-corrected chi connectivity index (χ1v) is 5.85. The van der Waals surface area contributed by atoms with Gasteiger partial charge in [0.15, 0.2) is 0 Å². The van der Waals surface area contributed by atoms with Crippen molar-refractivity contribution in [1.82, 2.24) is 4.98 Å². The number of carbonyl (C=O) groups excluding carboxylic acids is 2. The Morgan fingerprint density at radius 1 is 1.53 bits per heavy atom. The van der Waals surface area contributed by atoms with Crippen molar-refractivity contribution in [3.63, 3.8) is 0 Å². The quantitative estimate of drug-likeness (QED) is 0.752. The van der Waals surface area contributed by atoms with Crippen molar-refractivity contribution >= 4 is 29.4 Å². The summed E-state index contributed by atoms with van der Waals surface area (Å²) >= 11 is 1.22. The van der Waals surface area contributed by atoms with Gasteiger partial charge in [0, 0.05) is 0 Å². The predicted molar refractivity (Wildman–Crippen MR) is 63.7 cm³/mol. The lowest BCUT2D eigenvalue weighted by atomic mass is 10.4. The maximum atomic E-state index is 11.3. The molecule has 0 amide bonds. The third-order valence-electron chi connectivity index (χ3n) is 1.77. The van der Waals surface area contributed by atoms with Crippen molar-refractivity contribution < 1.29 is 19.1 Å². The fraction of sp³-hybridized carbons (Fsp3) is 0.364. The maximum Gasteiger partial charge on any atom is 0.349 e. The minimum Gasteiger partial charge on any atom is -0.469 e. The van der Waals surface area contributed by atoms with Gasteiger partial charge < -0.3 is 9.47 Å². The molecule has 0 unspecified atom stereocenters. The largest absolute Gasteiger partial charge is 0.469 e. The van der Waals surface area contributed by atoms with Crippen molar-refractivity contribution in [3.8, 4) is 0 Å². The molecule has 0 saturated heterocycles. The fourth-order valence-electron chi connectivity index (χ4n) is 1.00. The van der Waals surface area contributed by atoms with E-state index in [2.05, 4.69) is 9.72 Å². The third kappa shape index (κ3) is 4.36. The minimum atomic E-state index is -0.377. The van der Waals surface area contributed by atoms with E-state index in [1.165, 1.54) is 24.6 Å². The molecule has 0 aliphatic rings. The van der Waals surface area contributed by atoms with E-state index >= 15 is 0 Å². The van der Waals surface area contributed by atoms with Crippen molar-refractivity contribution in [2.75, 3.05) is 13.7 Å². The highest BCUT2D eigenvalue weighted by Crippen LogP contribution is 2.15. The van der Waals surface area contributed by atoms with Crippen LogP contribution in [-0.4, -0.2) is 30.6 Å². The van der Waals surface area contributed by atoms with Gasteiger partial charge in [-0.25, -0.2) is 9.78 Å². The molecule has 0 N–H and O–H groups in total. The third-order valence-corrected chi connectivity index (χ3v) is 2.72. The van der Waals surface area contributed by atoms with Gasteiger partial charge in [0.25, 0.3) is 0 Å². The Hall–Kier alpha value is -1.69. The first-order chi connectivity index (χ1) is 8.17. The second kappa shape index (κ2) is 6.80. The van der Waals surface area contributed by atoms with Crippen molar-refractivity contribution in [2.24, 2.45) is 0 Å². The molecule has 0 fully saturated rings. The number of esters is 2. The van der Waals surface area contributed by atoms with E-state index in [1.807, 2.05) is 0 Å². The monoisotopic (exact) mass is 255 g/mol. The summed E-state index contributed by atoms with van der Waals surface area (Å²) in [6.07, 6.45) is 4.95. The molecule has 0 aliphatic carbocycles. The van der Waals surface area contributed by atoms with E-state index in [9.17, 15) is 9.59 Å². The average molecular weight is 255 g/mol.